The second kappa shape index (κ2) is 5.75. The van der Waals surface area contributed by atoms with E-state index in [0.29, 0.717) is 18.9 Å². The average Bonchev–Trinajstić information content (AvgIpc) is 2.29. The van der Waals surface area contributed by atoms with E-state index in [4.69, 9.17) is 5.26 Å². The fourth-order valence-electron chi connectivity index (χ4n) is 1.32. The lowest BCUT2D eigenvalue weighted by atomic mass is 10.3. The molecule has 1 aromatic rings. The summed E-state index contributed by atoms with van der Waals surface area (Å²) in [4.78, 5) is 19.6. The van der Waals surface area contributed by atoms with Gasteiger partial charge in [0.05, 0.1) is 17.4 Å². The van der Waals surface area contributed by atoms with Crippen molar-refractivity contribution in [2.75, 3.05) is 11.4 Å². The van der Waals surface area contributed by atoms with Crippen LogP contribution in [0.3, 0.4) is 0 Å². The van der Waals surface area contributed by atoms with Gasteiger partial charge in [0.25, 0.3) is 0 Å². The maximum Gasteiger partial charge on any atom is 0.305 e. The lowest BCUT2D eigenvalue weighted by molar-refractivity contribution is -0.385. The first-order valence-electron chi connectivity index (χ1n) is 5.16. The van der Waals surface area contributed by atoms with E-state index < -0.39 is 4.92 Å². The van der Waals surface area contributed by atoms with E-state index in [0.717, 1.165) is 0 Å². The Labute approximate surface area is 98.9 Å². The summed E-state index contributed by atoms with van der Waals surface area (Å²) in [5, 5.41) is 19.0. The van der Waals surface area contributed by atoms with Gasteiger partial charge >= 0.3 is 5.69 Å². The summed E-state index contributed by atoms with van der Waals surface area (Å²) in [6.07, 6.45) is 2.70. The van der Waals surface area contributed by atoms with Crippen LogP contribution in [0.1, 0.15) is 20.3 Å². The third kappa shape index (κ3) is 3.38. The normalized spacial score (nSPS) is 10.0. The molecule has 1 heterocycles. The average molecular weight is 235 g/mol. The molecule has 0 aromatic carbocycles. The number of anilines is 1. The lowest BCUT2D eigenvalue weighted by Crippen LogP contribution is -2.33. The largest absolute Gasteiger partial charge is 0.337 e. The number of hydrogen-bond donors (Lipinski definition) is 0. The monoisotopic (exact) mass is 235 g/mol. The summed E-state index contributed by atoms with van der Waals surface area (Å²) in [6, 6.07) is 2.18. The van der Waals surface area contributed by atoms with Gasteiger partial charge in [-0.25, -0.2) is 9.97 Å². The fourth-order valence-corrected chi connectivity index (χ4v) is 1.32. The number of hydrogen-bond acceptors (Lipinski definition) is 6. The summed E-state index contributed by atoms with van der Waals surface area (Å²) >= 11 is 0. The molecule has 17 heavy (non-hydrogen) atoms. The van der Waals surface area contributed by atoms with Gasteiger partial charge in [0.2, 0.25) is 5.95 Å². The molecule has 0 saturated carbocycles. The first-order valence-corrected chi connectivity index (χ1v) is 5.16. The minimum absolute atomic E-state index is 0.129. The van der Waals surface area contributed by atoms with Gasteiger partial charge in [-0.05, 0) is 13.8 Å². The van der Waals surface area contributed by atoms with Gasteiger partial charge in [0, 0.05) is 12.6 Å². The smallest absolute Gasteiger partial charge is 0.305 e. The Morgan fingerprint density at radius 1 is 1.53 bits per heavy atom. The van der Waals surface area contributed by atoms with Crippen LogP contribution in [0.5, 0.6) is 0 Å². The minimum Gasteiger partial charge on any atom is -0.337 e. The molecule has 0 fully saturated rings. The first-order chi connectivity index (χ1) is 8.06. The van der Waals surface area contributed by atoms with Crippen LogP contribution >= 0.6 is 0 Å². The van der Waals surface area contributed by atoms with E-state index in [1.54, 1.807) is 0 Å². The van der Waals surface area contributed by atoms with Crippen molar-refractivity contribution in [1.82, 2.24) is 9.97 Å². The Hall–Kier alpha value is -2.23. The predicted molar refractivity (Wildman–Crippen MR) is 61.4 cm³/mol. The van der Waals surface area contributed by atoms with Gasteiger partial charge in [0.1, 0.15) is 12.4 Å². The molecule has 0 aliphatic rings. The third-order valence-electron chi connectivity index (χ3n) is 2.18. The molecule has 0 bridgehead atoms. The van der Waals surface area contributed by atoms with Crippen molar-refractivity contribution in [2.24, 2.45) is 0 Å². The van der Waals surface area contributed by atoms with Crippen molar-refractivity contribution >= 4 is 11.6 Å². The molecule has 7 heteroatoms. The Morgan fingerprint density at radius 2 is 2.12 bits per heavy atom. The van der Waals surface area contributed by atoms with Gasteiger partial charge in [-0.15, -0.1) is 0 Å². The van der Waals surface area contributed by atoms with E-state index in [2.05, 4.69) is 9.97 Å². The van der Waals surface area contributed by atoms with E-state index in [1.807, 2.05) is 24.8 Å². The zero-order valence-corrected chi connectivity index (χ0v) is 9.70. The molecule has 0 spiro atoms. The molecular formula is C10H13N5O2. The quantitative estimate of drug-likeness (QED) is 0.567. The van der Waals surface area contributed by atoms with Crippen LogP contribution in [-0.2, 0) is 0 Å². The van der Waals surface area contributed by atoms with Crippen molar-refractivity contribution in [3.8, 4) is 6.07 Å². The highest BCUT2D eigenvalue weighted by molar-refractivity contribution is 5.34. The second-order valence-corrected chi connectivity index (χ2v) is 3.69. The number of nitriles is 1. The summed E-state index contributed by atoms with van der Waals surface area (Å²) < 4.78 is 0. The van der Waals surface area contributed by atoms with Crippen molar-refractivity contribution in [3.63, 3.8) is 0 Å². The van der Waals surface area contributed by atoms with E-state index in [1.165, 1.54) is 12.4 Å². The van der Waals surface area contributed by atoms with E-state index >= 15 is 0 Å². The van der Waals surface area contributed by atoms with Crippen molar-refractivity contribution in [3.05, 3.63) is 22.5 Å². The van der Waals surface area contributed by atoms with E-state index in [-0.39, 0.29) is 11.7 Å². The van der Waals surface area contributed by atoms with E-state index in [9.17, 15) is 10.1 Å². The predicted octanol–water partition coefficient (Wildman–Crippen LogP) is 1.51. The highest BCUT2D eigenvalue weighted by Gasteiger charge is 2.14. The topological polar surface area (TPSA) is 96.0 Å². The van der Waals surface area contributed by atoms with Crippen molar-refractivity contribution in [2.45, 2.75) is 26.3 Å². The molecular weight excluding hydrogens is 222 g/mol. The molecule has 0 radical (unpaired) electrons. The second-order valence-electron chi connectivity index (χ2n) is 3.69. The summed E-state index contributed by atoms with van der Waals surface area (Å²) in [5.74, 6) is 0.404. The molecule has 0 unspecified atom stereocenters. The maximum absolute atomic E-state index is 10.5. The molecule has 0 atom stereocenters. The van der Waals surface area contributed by atoms with Gasteiger partial charge in [-0.3, -0.25) is 10.1 Å². The lowest BCUT2D eigenvalue weighted by Gasteiger charge is -2.25. The van der Waals surface area contributed by atoms with Gasteiger partial charge in [0.15, 0.2) is 0 Å². The zero-order chi connectivity index (χ0) is 12.8. The number of aromatic nitrogens is 2. The summed E-state index contributed by atoms with van der Waals surface area (Å²) in [7, 11) is 0. The van der Waals surface area contributed by atoms with Crippen LogP contribution in [-0.4, -0.2) is 27.5 Å². The summed E-state index contributed by atoms with van der Waals surface area (Å²) in [6.45, 7) is 4.40. The van der Waals surface area contributed by atoms with Crippen LogP contribution in [0.15, 0.2) is 12.4 Å². The Balaban J connectivity index is 2.88. The Kier molecular flexibility index (Phi) is 4.34. The first kappa shape index (κ1) is 12.8. The molecule has 90 valence electrons. The number of rotatable bonds is 5. The van der Waals surface area contributed by atoms with Crippen molar-refractivity contribution in [1.29, 1.82) is 5.26 Å². The molecule has 0 amide bonds. The van der Waals surface area contributed by atoms with Gasteiger partial charge < -0.3 is 4.90 Å². The highest BCUT2D eigenvalue weighted by Crippen LogP contribution is 2.14. The van der Waals surface area contributed by atoms with Gasteiger partial charge in [-0.2, -0.15) is 5.26 Å². The molecule has 0 saturated heterocycles. The van der Waals surface area contributed by atoms with Crippen LogP contribution < -0.4 is 4.90 Å². The SMILES string of the molecule is CC(C)N(CCC#N)c1ncc([N+](=O)[O-])cn1. The fraction of sp³-hybridized carbons (Fsp3) is 0.500. The molecule has 0 aliphatic carbocycles. The molecule has 1 aromatic heterocycles. The zero-order valence-electron chi connectivity index (χ0n) is 9.70. The summed E-state index contributed by atoms with van der Waals surface area (Å²) in [5.41, 5.74) is -0.141. The number of nitro groups is 1. The number of nitrogens with zero attached hydrogens (tertiary/aromatic N) is 5. The Bertz CT molecular complexity index is 423. The highest BCUT2D eigenvalue weighted by atomic mass is 16.6. The van der Waals surface area contributed by atoms with Crippen molar-refractivity contribution < 1.29 is 4.92 Å². The Morgan fingerprint density at radius 3 is 2.53 bits per heavy atom. The standard InChI is InChI=1S/C10H13N5O2/c1-8(2)14(5-3-4-11)10-12-6-9(7-13-10)15(16)17/h6-8H,3,5H2,1-2H3. The molecule has 1 rings (SSSR count). The molecule has 0 N–H and O–H groups in total. The maximum atomic E-state index is 10.5. The molecule has 0 aliphatic heterocycles. The third-order valence-corrected chi connectivity index (χ3v) is 2.18. The minimum atomic E-state index is -0.543. The van der Waals surface area contributed by atoms with Crippen LogP contribution in [0.2, 0.25) is 0 Å². The van der Waals surface area contributed by atoms with Crippen LogP contribution in [0.4, 0.5) is 11.6 Å². The van der Waals surface area contributed by atoms with Gasteiger partial charge in [-0.1, -0.05) is 0 Å². The van der Waals surface area contributed by atoms with Crippen LogP contribution in [0, 0.1) is 21.4 Å². The van der Waals surface area contributed by atoms with Crippen LogP contribution in [0.25, 0.3) is 0 Å². The molecule has 7 nitrogen and oxygen atoms in total.